The monoisotopic (exact) mass is 194 g/mol. The Morgan fingerprint density at radius 3 is 2.69 bits per heavy atom. The molecule has 1 fully saturated rings. The van der Waals surface area contributed by atoms with Gasteiger partial charge in [0.2, 0.25) is 0 Å². The fraction of sp³-hybridized carbons (Fsp3) is 0.455. The van der Waals surface area contributed by atoms with E-state index in [1.165, 1.54) is 12.0 Å². The average molecular weight is 194 g/mol. The molecule has 0 radical (unpaired) electrons. The summed E-state index contributed by atoms with van der Waals surface area (Å²) in [4.78, 5) is 0. The summed E-state index contributed by atoms with van der Waals surface area (Å²) in [7, 11) is 0. The highest BCUT2D eigenvalue weighted by Gasteiger charge is 2.36. The molecule has 2 atom stereocenters. The summed E-state index contributed by atoms with van der Waals surface area (Å²) in [6.07, 6.45) is 1.20. The SMILES string of the molecule is OCC1CC1SCc1ccccc1. The van der Waals surface area contributed by atoms with Gasteiger partial charge in [-0.2, -0.15) is 11.8 Å². The molecule has 1 nitrogen and oxygen atoms in total. The van der Waals surface area contributed by atoms with Gasteiger partial charge in [-0.3, -0.25) is 0 Å². The number of aliphatic hydroxyl groups is 1. The molecule has 1 N–H and O–H groups in total. The normalized spacial score (nSPS) is 25.9. The standard InChI is InChI=1S/C11H14OS/c12-7-10-6-11(10)13-8-9-4-2-1-3-5-9/h1-5,10-12H,6-8H2. The van der Waals surface area contributed by atoms with Crippen molar-refractivity contribution in [3.05, 3.63) is 35.9 Å². The molecule has 2 heteroatoms. The zero-order valence-electron chi connectivity index (χ0n) is 7.52. The lowest BCUT2D eigenvalue weighted by molar-refractivity contribution is 0.277. The van der Waals surface area contributed by atoms with E-state index in [4.69, 9.17) is 5.11 Å². The lowest BCUT2D eigenvalue weighted by Gasteiger charge is -1.99. The van der Waals surface area contributed by atoms with Crippen LogP contribution in [0.2, 0.25) is 0 Å². The predicted molar refractivity (Wildman–Crippen MR) is 56.7 cm³/mol. The molecule has 2 unspecified atom stereocenters. The minimum absolute atomic E-state index is 0.368. The van der Waals surface area contributed by atoms with Crippen molar-refractivity contribution >= 4 is 11.8 Å². The fourth-order valence-corrected chi connectivity index (χ4v) is 2.73. The predicted octanol–water partition coefficient (Wildman–Crippen LogP) is 2.30. The molecule has 1 aliphatic carbocycles. The van der Waals surface area contributed by atoms with Gasteiger partial charge in [-0.15, -0.1) is 0 Å². The highest BCUT2D eigenvalue weighted by Crippen LogP contribution is 2.42. The first-order valence-electron chi connectivity index (χ1n) is 4.66. The molecular formula is C11H14OS. The van der Waals surface area contributed by atoms with Gasteiger partial charge in [-0.25, -0.2) is 0 Å². The first-order valence-corrected chi connectivity index (χ1v) is 5.71. The molecule has 70 valence electrons. The van der Waals surface area contributed by atoms with Crippen LogP contribution in [0.15, 0.2) is 30.3 Å². The lowest BCUT2D eigenvalue weighted by atomic mass is 10.2. The van der Waals surface area contributed by atoms with Gasteiger partial charge in [0, 0.05) is 17.6 Å². The topological polar surface area (TPSA) is 20.2 Å². The highest BCUT2D eigenvalue weighted by atomic mass is 32.2. The fourth-order valence-electron chi connectivity index (χ4n) is 1.39. The molecule has 0 bridgehead atoms. The van der Waals surface area contributed by atoms with Crippen LogP contribution in [0.3, 0.4) is 0 Å². The minimum Gasteiger partial charge on any atom is -0.396 e. The number of benzene rings is 1. The summed E-state index contributed by atoms with van der Waals surface area (Å²) in [5.41, 5.74) is 1.39. The van der Waals surface area contributed by atoms with E-state index in [1.54, 1.807) is 0 Å². The van der Waals surface area contributed by atoms with E-state index in [0.29, 0.717) is 17.8 Å². The molecular weight excluding hydrogens is 180 g/mol. The quantitative estimate of drug-likeness (QED) is 0.793. The van der Waals surface area contributed by atoms with Crippen molar-refractivity contribution in [2.75, 3.05) is 6.61 Å². The summed E-state index contributed by atoms with van der Waals surface area (Å²) in [5.74, 6) is 1.66. The second kappa shape index (κ2) is 4.16. The Morgan fingerprint density at radius 1 is 1.31 bits per heavy atom. The van der Waals surface area contributed by atoms with Gasteiger partial charge in [0.25, 0.3) is 0 Å². The van der Waals surface area contributed by atoms with Crippen LogP contribution in [0.25, 0.3) is 0 Å². The summed E-state index contributed by atoms with van der Waals surface area (Å²) in [6, 6.07) is 10.5. The van der Waals surface area contributed by atoms with E-state index < -0.39 is 0 Å². The Morgan fingerprint density at radius 2 is 2.08 bits per heavy atom. The number of rotatable bonds is 4. The maximum Gasteiger partial charge on any atom is 0.0470 e. The maximum atomic E-state index is 8.86. The highest BCUT2D eigenvalue weighted by molar-refractivity contribution is 7.99. The molecule has 0 aromatic heterocycles. The van der Waals surface area contributed by atoms with Gasteiger partial charge in [-0.1, -0.05) is 30.3 Å². The Bertz CT molecular complexity index is 260. The molecule has 2 rings (SSSR count). The molecule has 0 saturated heterocycles. The first kappa shape index (κ1) is 9.10. The molecule has 0 amide bonds. The zero-order valence-corrected chi connectivity index (χ0v) is 8.33. The second-order valence-corrected chi connectivity index (χ2v) is 4.74. The van der Waals surface area contributed by atoms with Crippen molar-refractivity contribution < 1.29 is 5.11 Å². The van der Waals surface area contributed by atoms with Gasteiger partial charge in [-0.05, 0) is 17.9 Å². The third kappa shape index (κ3) is 2.48. The van der Waals surface area contributed by atoms with Crippen molar-refractivity contribution in [1.82, 2.24) is 0 Å². The van der Waals surface area contributed by atoms with E-state index in [-0.39, 0.29) is 0 Å². The van der Waals surface area contributed by atoms with Crippen LogP contribution < -0.4 is 0 Å². The Hall–Kier alpha value is -0.470. The van der Waals surface area contributed by atoms with Crippen LogP contribution in [-0.4, -0.2) is 17.0 Å². The van der Waals surface area contributed by atoms with Gasteiger partial charge in [0.15, 0.2) is 0 Å². The van der Waals surface area contributed by atoms with Crippen LogP contribution in [0.5, 0.6) is 0 Å². The van der Waals surface area contributed by atoms with E-state index in [2.05, 4.69) is 24.3 Å². The summed E-state index contributed by atoms with van der Waals surface area (Å²) < 4.78 is 0. The number of aliphatic hydroxyl groups excluding tert-OH is 1. The van der Waals surface area contributed by atoms with Gasteiger partial charge < -0.3 is 5.11 Å². The largest absolute Gasteiger partial charge is 0.396 e. The second-order valence-electron chi connectivity index (χ2n) is 3.51. The van der Waals surface area contributed by atoms with Gasteiger partial charge >= 0.3 is 0 Å². The zero-order chi connectivity index (χ0) is 9.10. The van der Waals surface area contributed by atoms with Gasteiger partial charge in [0.1, 0.15) is 0 Å². The summed E-state index contributed by atoms with van der Waals surface area (Å²) >= 11 is 1.97. The molecule has 0 spiro atoms. The smallest absolute Gasteiger partial charge is 0.0470 e. The molecule has 1 aromatic carbocycles. The van der Waals surface area contributed by atoms with E-state index in [9.17, 15) is 0 Å². The molecule has 0 aliphatic heterocycles. The Balaban J connectivity index is 1.75. The number of hydrogen-bond acceptors (Lipinski definition) is 2. The molecule has 1 saturated carbocycles. The van der Waals surface area contributed by atoms with E-state index >= 15 is 0 Å². The van der Waals surface area contributed by atoms with Crippen molar-refractivity contribution in [3.63, 3.8) is 0 Å². The summed E-state index contributed by atoms with van der Waals surface area (Å²) in [6.45, 7) is 0.368. The minimum atomic E-state index is 0.368. The lowest BCUT2D eigenvalue weighted by Crippen LogP contribution is -1.89. The molecule has 1 aliphatic rings. The van der Waals surface area contributed by atoms with Crippen LogP contribution in [-0.2, 0) is 5.75 Å². The Labute approximate surface area is 83.2 Å². The maximum absolute atomic E-state index is 8.86. The first-order chi connectivity index (χ1) is 6.40. The molecule has 0 heterocycles. The van der Waals surface area contributed by atoms with Crippen LogP contribution in [0.1, 0.15) is 12.0 Å². The van der Waals surface area contributed by atoms with Crippen molar-refractivity contribution in [1.29, 1.82) is 0 Å². The Kier molecular flexibility index (Phi) is 2.91. The molecule has 13 heavy (non-hydrogen) atoms. The van der Waals surface area contributed by atoms with Crippen molar-refractivity contribution in [2.24, 2.45) is 5.92 Å². The van der Waals surface area contributed by atoms with E-state index in [0.717, 1.165) is 5.75 Å². The van der Waals surface area contributed by atoms with Crippen LogP contribution in [0, 0.1) is 5.92 Å². The van der Waals surface area contributed by atoms with Crippen molar-refractivity contribution in [2.45, 2.75) is 17.4 Å². The van der Waals surface area contributed by atoms with Crippen molar-refractivity contribution in [3.8, 4) is 0 Å². The van der Waals surface area contributed by atoms with Crippen LogP contribution >= 0.6 is 11.8 Å². The van der Waals surface area contributed by atoms with Crippen LogP contribution in [0.4, 0.5) is 0 Å². The number of thioether (sulfide) groups is 1. The third-order valence-corrected chi connectivity index (χ3v) is 3.90. The number of hydrogen-bond donors (Lipinski definition) is 1. The average Bonchev–Trinajstić information content (AvgIpc) is 2.95. The van der Waals surface area contributed by atoms with Gasteiger partial charge in [0.05, 0.1) is 0 Å². The summed E-state index contributed by atoms with van der Waals surface area (Å²) in [5, 5.41) is 9.57. The third-order valence-electron chi connectivity index (χ3n) is 2.40. The molecule has 1 aromatic rings. The van der Waals surface area contributed by atoms with E-state index in [1.807, 2.05) is 17.8 Å².